The van der Waals surface area contributed by atoms with Crippen LogP contribution in [0.5, 0.6) is 0 Å². The van der Waals surface area contributed by atoms with Crippen molar-refractivity contribution >= 4 is 27.5 Å². The zero-order valence-electron chi connectivity index (χ0n) is 19.9. The van der Waals surface area contributed by atoms with Gasteiger partial charge in [-0.25, -0.2) is 12.8 Å². The minimum Gasteiger partial charge on any atom is -0.345 e. The van der Waals surface area contributed by atoms with Crippen LogP contribution in [0.25, 0.3) is 0 Å². The maximum Gasteiger partial charge on any atom is 0.253 e. The van der Waals surface area contributed by atoms with Crippen molar-refractivity contribution in [2.75, 3.05) is 18.4 Å². The fourth-order valence-corrected chi connectivity index (χ4v) is 5.78. The van der Waals surface area contributed by atoms with Crippen molar-refractivity contribution in [2.24, 2.45) is 5.92 Å². The highest BCUT2D eigenvalue weighted by Gasteiger charge is 2.33. The van der Waals surface area contributed by atoms with Gasteiger partial charge in [0.1, 0.15) is 5.82 Å². The molecule has 0 unspecified atom stereocenters. The first-order valence-electron chi connectivity index (χ1n) is 11.8. The number of nitrogens with one attached hydrogen (secondary N) is 2. The number of hydrogen-bond acceptors (Lipinski definition) is 4. The molecule has 1 aliphatic heterocycles. The number of rotatable bonds is 7. The Hall–Kier alpha value is -3.56. The SMILES string of the molecule is C[C@H](NC(=O)c1ccccc1NC(=O)[C@@H]1CCCN(S(=O)(=O)c2ccc(F)cc2)C1)c1ccccc1. The van der Waals surface area contributed by atoms with Crippen LogP contribution in [-0.2, 0) is 14.8 Å². The summed E-state index contributed by atoms with van der Waals surface area (Å²) in [5.41, 5.74) is 1.64. The maximum absolute atomic E-state index is 13.2. The Bertz CT molecular complexity index is 1330. The molecule has 3 aromatic rings. The van der Waals surface area contributed by atoms with Crippen LogP contribution in [-0.4, -0.2) is 37.6 Å². The number of sulfonamides is 1. The molecule has 0 spiro atoms. The molecule has 0 saturated carbocycles. The largest absolute Gasteiger partial charge is 0.345 e. The average Bonchev–Trinajstić information content (AvgIpc) is 2.89. The minimum absolute atomic E-state index is 0.00491. The van der Waals surface area contributed by atoms with Crippen LogP contribution in [0.3, 0.4) is 0 Å². The molecule has 1 saturated heterocycles. The molecule has 0 radical (unpaired) electrons. The van der Waals surface area contributed by atoms with E-state index in [-0.39, 0.29) is 35.8 Å². The summed E-state index contributed by atoms with van der Waals surface area (Å²) in [4.78, 5) is 26.1. The Labute approximate surface area is 210 Å². The van der Waals surface area contributed by atoms with Crippen LogP contribution in [0, 0.1) is 11.7 Å². The molecule has 0 aliphatic carbocycles. The summed E-state index contributed by atoms with van der Waals surface area (Å²) in [5.74, 6) is -1.80. The Balaban J connectivity index is 1.45. The van der Waals surface area contributed by atoms with Crippen LogP contribution < -0.4 is 10.6 Å². The van der Waals surface area contributed by atoms with Gasteiger partial charge in [0.05, 0.1) is 28.1 Å². The lowest BCUT2D eigenvalue weighted by molar-refractivity contribution is -0.120. The van der Waals surface area contributed by atoms with Crippen molar-refractivity contribution in [1.82, 2.24) is 9.62 Å². The maximum atomic E-state index is 13.2. The number of piperidine rings is 1. The molecule has 188 valence electrons. The molecule has 2 N–H and O–H groups in total. The third-order valence-corrected chi connectivity index (χ3v) is 8.16. The zero-order valence-corrected chi connectivity index (χ0v) is 20.7. The molecule has 4 rings (SSSR count). The highest BCUT2D eigenvalue weighted by molar-refractivity contribution is 7.89. The van der Waals surface area contributed by atoms with Crippen molar-refractivity contribution in [1.29, 1.82) is 0 Å². The van der Waals surface area contributed by atoms with E-state index in [2.05, 4.69) is 10.6 Å². The van der Waals surface area contributed by atoms with E-state index in [4.69, 9.17) is 0 Å². The molecule has 0 bridgehead atoms. The predicted molar refractivity (Wildman–Crippen MR) is 135 cm³/mol. The molecule has 2 amide bonds. The number of benzene rings is 3. The number of carbonyl (C=O) groups is 2. The van der Waals surface area contributed by atoms with Gasteiger partial charge >= 0.3 is 0 Å². The smallest absolute Gasteiger partial charge is 0.253 e. The van der Waals surface area contributed by atoms with Crippen molar-refractivity contribution in [3.63, 3.8) is 0 Å². The first-order chi connectivity index (χ1) is 17.3. The summed E-state index contributed by atoms with van der Waals surface area (Å²) < 4.78 is 40.5. The summed E-state index contributed by atoms with van der Waals surface area (Å²) in [6.07, 6.45) is 1.02. The highest BCUT2D eigenvalue weighted by atomic mass is 32.2. The van der Waals surface area contributed by atoms with E-state index in [0.717, 1.165) is 17.7 Å². The second-order valence-corrected chi connectivity index (χ2v) is 10.7. The number of nitrogens with zero attached hydrogens (tertiary/aromatic N) is 1. The number of halogens is 1. The molecular formula is C27H28FN3O4S. The fourth-order valence-electron chi connectivity index (χ4n) is 4.25. The standard InChI is InChI=1S/C27H28FN3O4S/c1-19(20-8-3-2-4-9-20)29-27(33)24-11-5-6-12-25(24)30-26(32)21-10-7-17-31(18-21)36(34,35)23-15-13-22(28)14-16-23/h2-6,8-9,11-16,19,21H,7,10,17-18H2,1H3,(H,29,33)(H,30,32)/t19-,21+/m0/s1. The molecular weight excluding hydrogens is 481 g/mol. The van der Waals surface area contributed by atoms with Crippen LogP contribution in [0.2, 0.25) is 0 Å². The average molecular weight is 510 g/mol. The Morgan fingerprint density at radius 1 is 0.972 bits per heavy atom. The van der Waals surface area contributed by atoms with Gasteiger partial charge in [-0.1, -0.05) is 42.5 Å². The van der Waals surface area contributed by atoms with E-state index in [1.165, 1.54) is 16.4 Å². The molecule has 3 aromatic carbocycles. The van der Waals surface area contributed by atoms with Crippen LogP contribution in [0.4, 0.5) is 10.1 Å². The van der Waals surface area contributed by atoms with Gasteiger partial charge < -0.3 is 10.6 Å². The van der Waals surface area contributed by atoms with Gasteiger partial charge in [-0.3, -0.25) is 9.59 Å². The summed E-state index contributed by atoms with van der Waals surface area (Å²) in [5, 5.41) is 5.77. The monoisotopic (exact) mass is 509 g/mol. The first kappa shape index (κ1) is 25.5. The lowest BCUT2D eigenvalue weighted by Crippen LogP contribution is -2.43. The van der Waals surface area contributed by atoms with Crippen LogP contribution in [0.15, 0.2) is 83.8 Å². The van der Waals surface area contributed by atoms with Crippen molar-refractivity contribution < 1.29 is 22.4 Å². The lowest BCUT2D eigenvalue weighted by Gasteiger charge is -2.31. The van der Waals surface area contributed by atoms with E-state index in [1.54, 1.807) is 24.3 Å². The highest BCUT2D eigenvalue weighted by Crippen LogP contribution is 2.26. The quantitative estimate of drug-likeness (QED) is 0.495. The number of anilines is 1. The van der Waals surface area contributed by atoms with Crippen LogP contribution in [0.1, 0.15) is 41.7 Å². The number of para-hydroxylation sites is 1. The molecule has 7 nitrogen and oxygen atoms in total. The summed E-state index contributed by atoms with van der Waals surface area (Å²) in [7, 11) is -3.86. The predicted octanol–water partition coefficient (Wildman–Crippen LogP) is 4.36. The van der Waals surface area contributed by atoms with Gasteiger partial charge in [0.2, 0.25) is 15.9 Å². The Kier molecular flexibility index (Phi) is 7.81. The van der Waals surface area contributed by atoms with E-state index in [1.807, 2.05) is 37.3 Å². The first-order valence-corrected chi connectivity index (χ1v) is 13.2. The molecule has 1 aliphatic rings. The second-order valence-electron chi connectivity index (χ2n) is 8.80. The Morgan fingerprint density at radius 3 is 2.36 bits per heavy atom. The van der Waals surface area contributed by atoms with Gasteiger partial charge in [-0.15, -0.1) is 0 Å². The van der Waals surface area contributed by atoms with Crippen LogP contribution >= 0.6 is 0 Å². The van der Waals surface area contributed by atoms with E-state index in [0.29, 0.717) is 24.1 Å². The molecule has 36 heavy (non-hydrogen) atoms. The number of hydrogen-bond donors (Lipinski definition) is 2. The second kappa shape index (κ2) is 11.0. The lowest BCUT2D eigenvalue weighted by atomic mass is 9.98. The van der Waals surface area contributed by atoms with Gasteiger partial charge in [0.25, 0.3) is 5.91 Å². The minimum atomic E-state index is -3.86. The van der Waals surface area contributed by atoms with Crippen molar-refractivity contribution in [3.05, 3.63) is 95.8 Å². The van der Waals surface area contributed by atoms with Gasteiger partial charge in [-0.05, 0) is 61.7 Å². The van der Waals surface area contributed by atoms with Crippen molar-refractivity contribution in [3.8, 4) is 0 Å². The normalized spacial score (nSPS) is 17.2. The summed E-state index contributed by atoms with van der Waals surface area (Å²) in [6, 6.07) is 20.7. The van der Waals surface area contributed by atoms with E-state index >= 15 is 0 Å². The van der Waals surface area contributed by atoms with E-state index in [9.17, 15) is 22.4 Å². The van der Waals surface area contributed by atoms with E-state index < -0.39 is 21.8 Å². The molecule has 2 atom stereocenters. The fraction of sp³-hybridized carbons (Fsp3) is 0.259. The van der Waals surface area contributed by atoms with Gasteiger partial charge in [0, 0.05) is 13.1 Å². The zero-order chi connectivity index (χ0) is 25.7. The third-order valence-electron chi connectivity index (χ3n) is 6.28. The number of carbonyl (C=O) groups excluding carboxylic acids is 2. The van der Waals surface area contributed by atoms with Crippen molar-refractivity contribution in [2.45, 2.75) is 30.7 Å². The molecule has 1 heterocycles. The Morgan fingerprint density at radius 2 is 1.64 bits per heavy atom. The van der Waals surface area contributed by atoms with Gasteiger partial charge in [-0.2, -0.15) is 4.31 Å². The van der Waals surface area contributed by atoms with Gasteiger partial charge in [0.15, 0.2) is 0 Å². The molecule has 9 heteroatoms. The molecule has 0 aromatic heterocycles. The third kappa shape index (κ3) is 5.80. The summed E-state index contributed by atoms with van der Waals surface area (Å²) >= 11 is 0. The molecule has 1 fully saturated rings. The topological polar surface area (TPSA) is 95.6 Å². The summed E-state index contributed by atoms with van der Waals surface area (Å²) in [6.45, 7) is 2.16. The number of amides is 2.